The summed E-state index contributed by atoms with van der Waals surface area (Å²) in [6.45, 7) is 2.29. The fraction of sp³-hybridized carbons (Fsp3) is 0.333. The van der Waals surface area contributed by atoms with Crippen molar-refractivity contribution in [1.29, 1.82) is 0 Å². The van der Waals surface area contributed by atoms with Gasteiger partial charge in [0.2, 0.25) is 5.91 Å². The van der Waals surface area contributed by atoms with Crippen LogP contribution in [0.3, 0.4) is 0 Å². The first-order valence-corrected chi connectivity index (χ1v) is 9.85. The molecule has 0 atom stereocenters. The minimum absolute atomic E-state index is 0.101. The maximum atomic E-state index is 12.2. The van der Waals surface area contributed by atoms with Crippen LogP contribution in [0.15, 0.2) is 42.5 Å². The number of benzene rings is 2. The summed E-state index contributed by atoms with van der Waals surface area (Å²) in [4.78, 5) is 26.2. The molecule has 3 N–H and O–H groups in total. The lowest BCUT2D eigenvalue weighted by atomic mass is 10.1. The van der Waals surface area contributed by atoms with Crippen LogP contribution in [0.25, 0.3) is 0 Å². The van der Waals surface area contributed by atoms with Crippen molar-refractivity contribution in [2.75, 3.05) is 42.2 Å². The smallest absolute Gasteiger partial charge is 0.252 e. The molecule has 28 heavy (non-hydrogen) atoms. The molecule has 2 aromatic carbocycles. The Balaban J connectivity index is 1.51. The van der Waals surface area contributed by atoms with Gasteiger partial charge in [0, 0.05) is 37.2 Å². The van der Waals surface area contributed by atoms with Crippen LogP contribution in [-0.4, -0.2) is 38.5 Å². The number of nitrogens with zero attached hydrogens (tertiary/aromatic N) is 1. The van der Waals surface area contributed by atoms with Gasteiger partial charge >= 0.3 is 0 Å². The van der Waals surface area contributed by atoms with Gasteiger partial charge in [-0.25, -0.2) is 0 Å². The predicted octanol–water partition coefficient (Wildman–Crippen LogP) is 3.74. The average Bonchev–Trinajstić information content (AvgIpc) is 2.73. The maximum absolute atomic E-state index is 12.2. The predicted molar refractivity (Wildman–Crippen MR) is 114 cm³/mol. The lowest BCUT2D eigenvalue weighted by molar-refractivity contribution is -0.114. The number of carbonyl (C=O) groups is 2. The topological polar surface area (TPSA) is 73.5 Å². The summed E-state index contributed by atoms with van der Waals surface area (Å²) in [6, 6.07) is 12.9. The van der Waals surface area contributed by atoms with E-state index in [1.807, 2.05) is 24.3 Å². The first kappa shape index (κ1) is 20.0. The summed E-state index contributed by atoms with van der Waals surface area (Å²) in [5.41, 5.74) is 3.03. The highest BCUT2D eigenvalue weighted by Gasteiger charge is 2.12. The van der Waals surface area contributed by atoms with Crippen molar-refractivity contribution in [3.05, 3.63) is 53.1 Å². The molecule has 6 nitrogen and oxygen atoms in total. The highest BCUT2D eigenvalue weighted by atomic mass is 35.5. The third-order valence-electron chi connectivity index (χ3n) is 4.77. The Morgan fingerprint density at radius 3 is 2.32 bits per heavy atom. The van der Waals surface area contributed by atoms with Crippen LogP contribution in [0, 0.1) is 0 Å². The molecule has 0 aromatic heterocycles. The van der Waals surface area contributed by atoms with E-state index in [0.717, 1.165) is 18.8 Å². The van der Waals surface area contributed by atoms with Crippen molar-refractivity contribution >= 4 is 40.5 Å². The van der Waals surface area contributed by atoms with Crippen molar-refractivity contribution in [3.8, 4) is 0 Å². The Labute approximate surface area is 170 Å². The van der Waals surface area contributed by atoms with Crippen molar-refractivity contribution in [2.24, 2.45) is 0 Å². The maximum Gasteiger partial charge on any atom is 0.252 e. The van der Waals surface area contributed by atoms with Gasteiger partial charge in [0.25, 0.3) is 5.91 Å². The van der Waals surface area contributed by atoms with Crippen LogP contribution in [-0.2, 0) is 4.79 Å². The summed E-state index contributed by atoms with van der Waals surface area (Å²) in [7, 11) is 1.55. The molecular weight excluding hydrogens is 376 g/mol. The summed E-state index contributed by atoms with van der Waals surface area (Å²) < 4.78 is 0. The molecule has 1 aliphatic heterocycles. The Bertz CT molecular complexity index is 833. The highest BCUT2D eigenvalue weighted by Crippen LogP contribution is 2.22. The van der Waals surface area contributed by atoms with Crippen LogP contribution in [0.1, 0.15) is 29.6 Å². The quantitative estimate of drug-likeness (QED) is 0.690. The van der Waals surface area contributed by atoms with Gasteiger partial charge in [0.05, 0.1) is 17.1 Å². The number of halogens is 1. The molecular formula is C21H25ClN4O2. The van der Waals surface area contributed by atoms with Gasteiger partial charge in [0.15, 0.2) is 0 Å². The summed E-state index contributed by atoms with van der Waals surface area (Å²) >= 11 is 6.12. The van der Waals surface area contributed by atoms with Gasteiger partial charge in [-0.3, -0.25) is 9.59 Å². The Morgan fingerprint density at radius 1 is 1.00 bits per heavy atom. The molecule has 7 heteroatoms. The molecule has 0 radical (unpaired) electrons. The molecule has 0 unspecified atom stereocenters. The molecule has 0 spiro atoms. The Hall–Kier alpha value is -2.73. The largest absolute Gasteiger partial charge is 0.376 e. The zero-order chi connectivity index (χ0) is 19.9. The van der Waals surface area contributed by atoms with Gasteiger partial charge in [-0.05, 0) is 61.7 Å². The lowest BCUT2D eigenvalue weighted by Gasteiger charge is -2.28. The second-order valence-electron chi connectivity index (χ2n) is 6.77. The lowest BCUT2D eigenvalue weighted by Crippen LogP contribution is -2.29. The standard InChI is InChI=1S/C21H25ClN4O2/c1-23-21(28)18-10-7-16(13-19(18)22)24-14-20(27)25-15-5-8-17(9-6-15)26-11-3-2-4-12-26/h5-10,13,24H,2-4,11-12,14H2,1H3,(H,23,28)(H,25,27). The number of anilines is 3. The molecule has 1 fully saturated rings. The number of nitrogens with one attached hydrogen (secondary N) is 3. The number of amides is 2. The zero-order valence-electron chi connectivity index (χ0n) is 15.9. The molecule has 3 rings (SSSR count). The third-order valence-corrected chi connectivity index (χ3v) is 5.08. The molecule has 2 aromatic rings. The van der Waals surface area contributed by atoms with Crippen LogP contribution in [0.4, 0.5) is 17.1 Å². The Morgan fingerprint density at radius 2 is 1.68 bits per heavy atom. The van der Waals surface area contributed by atoms with Gasteiger partial charge in [-0.2, -0.15) is 0 Å². The average molecular weight is 401 g/mol. The van der Waals surface area contributed by atoms with Gasteiger partial charge in [0.1, 0.15) is 0 Å². The van der Waals surface area contributed by atoms with Crippen molar-refractivity contribution in [1.82, 2.24) is 5.32 Å². The minimum Gasteiger partial charge on any atom is -0.376 e. The van der Waals surface area contributed by atoms with Crippen LogP contribution in [0.5, 0.6) is 0 Å². The van der Waals surface area contributed by atoms with E-state index in [2.05, 4.69) is 20.9 Å². The van der Waals surface area contributed by atoms with E-state index in [1.165, 1.54) is 24.9 Å². The molecule has 148 valence electrons. The molecule has 1 aliphatic rings. The van der Waals surface area contributed by atoms with Crippen molar-refractivity contribution < 1.29 is 9.59 Å². The molecule has 0 aliphatic carbocycles. The second-order valence-corrected chi connectivity index (χ2v) is 7.18. The number of hydrogen-bond acceptors (Lipinski definition) is 4. The monoisotopic (exact) mass is 400 g/mol. The molecule has 1 heterocycles. The minimum atomic E-state index is -0.248. The number of hydrogen-bond donors (Lipinski definition) is 3. The Kier molecular flexibility index (Phi) is 6.76. The summed E-state index contributed by atoms with van der Waals surface area (Å²) in [6.07, 6.45) is 3.77. The van der Waals surface area contributed by atoms with E-state index >= 15 is 0 Å². The second kappa shape index (κ2) is 9.46. The number of rotatable bonds is 6. The van der Waals surface area contributed by atoms with E-state index in [0.29, 0.717) is 16.3 Å². The SMILES string of the molecule is CNC(=O)c1ccc(NCC(=O)Nc2ccc(N3CCCCC3)cc2)cc1Cl. The van der Waals surface area contributed by atoms with Crippen LogP contribution in [0.2, 0.25) is 5.02 Å². The van der Waals surface area contributed by atoms with Crippen molar-refractivity contribution in [2.45, 2.75) is 19.3 Å². The number of carbonyl (C=O) groups excluding carboxylic acids is 2. The third kappa shape index (κ3) is 5.16. The van der Waals surface area contributed by atoms with Gasteiger partial charge in [-0.15, -0.1) is 0 Å². The van der Waals surface area contributed by atoms with Crippen LogP contribution < -0.4 is 20.9 Å². The van der Waals surface area contributed by atoms with Crippen LogP contribution >= 0.6 is 11.6 Å². The molecule has 2 amide bonds. The zero-order valence-corrected chi connectivity index (χ0v) is 16.7. The summed E-state index contributed by atoms with van der Waals surface area (Å²) in [5.74, 6) is -0.403. The van der Waals surface area contributed by atoms with Crippen molar-refractivity contribution in [3.63, 3.8) is 0 Å². The molecule has 0 bridgehead atoms. The number of piperidine rings is 1. The molecule has 0 saturated carbocycles. The first-order valence-electron chi connectivity index (χ1n) is 9.47. The summed E-state index contributed by atoms with van der Waals surface area (Å²) in [5, 5.41) is 8.76. The first-order chi connectivity index (χ1) is 13.6. The van der Waals surface area contributed by atoms with E-state index in [9.17, 15) is 9.59 Å². The van der Waals surface area contributed by atoms with Gasteiger partial charge in [-0.1, -0.05) is 11.6 Å². The molecule has 1 saturated heterocycles. The van der Waals surface area contributed by atoms with E-state index < -0.39 is 0 Å². The fourth-order valence-corrected chi connectivity index (χ4v) is 3.51. The fourth-order valence-electron chi connectivity index (χ4n) is 3.24. The van der Waals surface area contributed by atoms with Gasteiger partial charge < -0.3 is 20.9 Å². The van der Waals surface area contributed by atoms with E-state index in [-0.39, 0.29) is 18.4 Å². The normalized spacial score (nSPS) is 13.7. The van der Waals surface area contributed by atoms with E-state index in [4.69, 9.17) is 11.6 Å². The highest BCUT2D eigenvalue weighted by molar-refractivity contribution is 6.34. The van der Waals surface area contributed by atoms with E-state index in [1.54, 1.807) is 25.2 Å².